The molecule has 0 unspecified atom stereocenters. The molecule has 1 aromatic carbocycles. The molecule has 7 nitrogen and oxygen atoms in total. The number of tetrazole rings is 1. The van der Waals surface area contributed by atoms with E-state index in [4.69, 9.17) is 4.98 Å². The van der Waals surface area contributed by atoms with Crippen LogP contribution in [0.4, 0.5) is 0 Å². The standard InChI is InChI=1S/C16H19N7/c1-2-12(3-1)21-7-6-16-18-14-10-13(23-11-17-19-20-23)4-5-15(14)22(16)9-8-21/h4-5,10-12H,1-3,6-9H2. The Kier molecular flexibility index (Phi) is 2.94. The maximum atomic E-state index is 4.88. The van der Waals surface area contributed by atoms with E-state index in [0.29, 0.717) is 0 Å². The molecular formula is C16H19N7. The van der Waals surface area contributed by atoms with Gasteiger partial charge in [-0.3, -0.25) is 4.90 Å². The topological polar surface area (TPSA) is 64.7 Å². The molecule has 3 heterocycles. The molecule has 1 fully saturated rings. The van der Waals surface area contributed by atoms with E-state index in [1.807, 2.05) is 0 Å². The summed E-state index contributed by atoms with van der Waals surface area (Å²) < 4.78 is 4.06. The third-order valence-electron chi connectivity index (χ3n) is 5.25. The molecule has 7 heteroatoms. The number of fused-ring (bicyclic) bond motifs is 3. The summed E-state index contributed by atoms with van der Waals surface area (Å²) in [6.45, 7) is 3.30. The van der Waals surface area contributed by atoms with Crippen molar-refractivity contribution < 1.29 is 0 Å². The van der Waals surface area contributed by atoms with Crippen LogP contribution in [0.1, 0.15) is 25.1 Å². The minimum atomic E-state index is 0.817. The fourth-order valence-electron chi connectivity index (χ4n) is 3.73. The van der Waals surface area contributed by atoms with Crippen LogP contribution < -0.4 is 0 Å². The molecule has 0 bridgehead atoms. The lowest BCUT2D eigenvalue weighted by Gasteiger charge is -2.36. The van der Waals surface area contributed by atoms with E-state index >= 15 is 0 Å². The van der Waals surface area contributed by atoms with Crippen LogP contribution in [0.25, 0.3) is 16.7 Å². The highest BCUT2D eigenvalue weighted by atomic mass is 15.5. The second-order valence-electron chi connectivity index (χ2n) is 6.48. The van der Waals surface area contributed by atoms with Crippen molar-refractivity contribution in [2.45, 2.75) is 38.3 Å². The van der Waals surface area contributed by atoms with E-state index in [1.54, 1.807) is 11.0 Å². The highest BCUT2D eigenvalue weighted by molar-refractivity contribution is 5.78. The number of hydrogen-bond donors (Lipinski definition) is 0. The SMILES string of the molecule is c1cc2c(cc1-n1cnnn1)nc1n2CCN(C2CCC2)CC1. The zero-order chi connectivity index (χ0) is 15.2. The fraction of sp³-hybridized carbons (Fsp3) is 0.500. The average molecular weight is 309 g/mol. The first-order valence-electron chi connectivity index (χ1n) is 8.35. The monoisotopic (exact) mass is 309 g/mol. The van der Waals surface area contributed by atoms with Gasteiger partial charge >= 0.3 is 0 Å². The van der Waals surface area contributed by atoms with E-state index in [-0.39, 0.29) is 0 Å². The van der Waals surface area contributed by atoms with Gasteiger partial charge in [-0.2, -0.15) is 0 Å². The van der Waals surface area contributed by atoms with Crippen LogP contribution in [0, 0.1) is 0 Å². The number of rotatable bonds is 2. The van der Waals surface area contributed by atoms with Gasteiger partial charge in [0.15, 0.2) is 0 Å². The maximum Gasteiger partial charge on any atom is 0.143 e. The second kappa shape index (κ2) is 5.13. The summed E-state index contributed by atoms with van der Waals surface area (Å²) in [7, 11) is 0. The summed E-state index contributed by atoms with van der Waals surface area (Å²) in [4.78, 5) is 7.53. The van der Waals surface area contributed by atoms with Gasteiger partial charge in [0.1, 0.15) is 12.2 Å². The smallest absolute Gasteiger partial charge is 0.143 e. The van der Waals surface area contributed by atoms with Gasteiger partial charge in [-0.25, -0.2) is 9.67 Å². The Morgan fingerprint density at radius 3 is 2.83 bits per heavy atom. The van der Waals surface area contributed by atoms with Crippen molar-refractivity contribution in [3.05, 3.63) is 30.4 Å². The van der Waals surface area contributed by atoms with Crippen molar-refractivity contribution in [1.29, 1.82) is 0 Å². The molecule has 23 heavy (non-hydrogen) atoms. The second-order valence-corrected chi connectivity index (χ2v) is 6.48. The van der Waals surface area contributed by atoms with Crippen LogP contribution >= 0.6 is 0 Å². The molecule has 2 aliphatic rings. The van der Waals surface area contributed by atoms with Gasteiger partial charge in [0, 0.05) is 32.1 Å². The van der Waals surface area contributed by atoms with Crippen LogP contribution in [-0.2, 0) is 13.0 Å². The first kappa shape index (κ1) is 13.2. The first-order valence-corrected chi connectivity index (χ1v) is 8.35. The molecule has 1 aliphatic carbocycles. The van der Waals surface area contributed by atoms with Crippen LogP contribution in [0.5, 0.6) is 0 Å². The van der Waals surface area contributed by atoms with Gasteiger partial charge in [-0.1, -0.05) is 6.42 Å². The molecule has 118 valence electrons. The van der Waals surface area contributed by atoms with Crippen molar-refractivity contribution >= 4 is 11.0 Å². The lowest BCUT2D eigenvalue weighted by Crippen LogP contribution is -2.41. The quantitative estimate of drug-likeness (QED) is 0.716. The van der Waals surface area contributed by atoms with Crippen LogP contribution in [-0.4, -0.2) is 53.8 Å². The Hall–Kier alpha value is -2.28. The van der Waals surface area contributed by atoms with E-state index in [0.717, 1.165) is 43.3 Å². The number of benzene rings is 1. The summed E-state index contributed by atoms with van der Waals surface area (Å²) in [5.41, 5.74) is 3.20. The van der Waals surface area contributed by atoms with E-state index in [9.17, 15) is 0 Å². The van der Waals surface area contributed by atoms with Gasteiger partial charge in [0.2, 0.25) is 0 Å². The average Bonchev–Trinajstić information content (AvgIpc) is 3.11. The molecule has 5 rings (SSSR count). The summed E-state index contributed by atoms with van der Waals surface area (Å²) in [5.74, 6) is 1.20. The largest absolute Gasteiger partial charge is 0.327 e. The van der Waals surface area contributed by atoms with Crippen LogP contribution in [0.15, 0.2) is 24.5 Å². The van der Waals surface area contributed by atoms with E-state index in [1.165, 1.54) is 30.6 Å². The molecule has 0 saturated heterocycles. The maximum absolute atomic E-state index is 4.88. The first-order chi connectivity index (χ1) is 11.4. The third kappa shape index (κ3) is 2.15. The molecule has 0 radical (unpaired) electrons. The van der Waals surface area contributed by atoms with Crippen molar-refractivity contribution in [3.63, 3.8) is 0 Å². The molecule has 2 aromatic heterocycles. The van der Waals surface area contributed by atoms with Crippen molar-refractivity contribution in [2.75, 3.05) is 13.1 Å². The molecule has 0 spiro atoms. The summed E-state index contributed by atoms with van der Waals surface area (Å²) in [5, 5.41) is 11.3. The number of imidazole rings is 1. The Labute approximate surface area is 133 Å². The van der Waals surface area contributed by atoms with Crippen LogP contribution in [0.3, 0.4) is 0 Å². The number of aromatic nitrogens is 6. The van der Waals surface area contributed by atoms with Crippen molar-refractivity contribution in [2.24, 2.45) is 0 Å². The Morgan fingerprint density at radius 2 is 2.04 bits per heavy atom. The van der Waals surface area contributed by atoms with Gasteiger partial charge in [0.25, 0.3) is 0 Å². The highest BCUT2D eigenvalue weighted by Crippen LogP contribution is 2.27. The van der Waals surface area contributed by atoms with Gasteiger partial charge < -0.3 is 4.57 Å². The van der Waals surface area contributed by atoms with E-state index < -0.39 is 0 Å². The van der Waals surface area contributed by atoms with Crippen molar-refractivity contribution in [1.82, 2.24) is 34.7 Å². The molecule has 1 aliphatic heterocycles. The molecule has 0 N–H and O–H groups in total. The predicted octanol–water partition coefficient (Wildman–Crippen LogP) is 1.42. The Morgan fingerprint density at radius 1 is 1.09 bits per heavy atom. The van der Waals surface area contributed by atoms with Gasteiger partial charge in [0.05, 0.1) is 16.7 Å². The molecule has 0 atom stereocenters. The van der Waals surface area contributed by atoms with E-state index in [2.05, 4.69) is 43.2 Å². The van der Waals surface area contributed by atoms with Crippen molar-refractivity contribution in [3.8, 4) is 5.69 Å². The number of hydrogen-bond acceptors (Lipinski definition) is 5. The highest BCUT2D eigenvalue weighted by Gasteiger charge is 2.27. The minimum Gasteiger partial charge on any atom is -0.327 e. The lowest BCUT2D eigenvalue weighted by molar-refractivity contribution is 0.130. The number of nitrogens with zero attached hydrogens (tertiary/aromatic N) is 7. The molecule has 3 aromatic rings. The fourth-order valence-corrected chi connectivity index (χ4v) is 3.73. The third-order valence-corrected chi connectivity index (χ3v) is 5.25. The molecule has 0 amide bonds. The van der Waals surface area contributed by atoms with Gasteiger partial charge in [-0.15, -0.1) is 5.10 Å². The van der Waals surface area contributed by atoms with Crippen LogP contribution in [0.2, 0.25) is 0 Å². The predicted molar refractivity (Wildman–Crippen MR) is 85.4 cm³/mol. The van der Waals surface area contributed by atoms with Gasteiger partial charge in [-0.05, 0) is 41.5 Å². The lowest BCUT2D eigenvalue weighted by atomic mass is 9.91. The molecular weight excluding hydrogens is 290 g/mol. The zero-order valence-electron chi connectivity index (χ0n) is 13.0. The normalized spacial score (nSPS) is 19.5. The zero-order valence-corrected chi connectivity index (χ0v) is 13.0. The molecule has 1 saturated carbocycles. The summed E-state index contributed by atoms with van der Waals surface area (Å²) in [6, 6.07) is 7.08. The Bertz CT molecular complexity index is 832. The Balaban J connectivity index is 1.48. The minimum absolute atomic E-state index is 0.817. The summed E-state index contributed by atoms with van der Waals surface area (Å²) in [6.07, 6.45) is 6.79. The summed E-state index contributed by atoms with van der Waals surface area (Å²) >= 11 is 0.